The second kappa shape index (κ2) is 12.2. The molecule has 0 saturated heterocycles. The number of rotatable bonds is 6. The lowest BCUT2D eigenvalue weighted by Gasteiger charge is -2.07. The number of carbonyl (C=O) groups excluding carboxylic acids is 1. The predicted molar refractivity (Wildman–Crippen MR) is 60.8 cm³/mol. The molecule has 0 amide bonds. The van der Waals surface area contributed by atoms with Crippen molar-refractivity contribution in [3.8, 4) is 0 Å². The number of aliphatic hydroxyl groups is 3. The Hall–Kier alpha value is -0.910. The lowest BCUT2D eigenvalue weighted by molar-refractivity contribution is -0.136. The molecule has 3 N–H and O–H groups in total. The van der Waals surface area contributed by atoms with Gasteiger partial charge in [0.05, 0.1) is 7.11 Å². The lowest BCUT2D eigenvalue weighted by Crippen LogP contribution is -2.11. The Kier molecular flexibility index (Phi) is 13.3. The summed E-state index contributed by atoms with van der Waals surface area (Å²) in [4.78, 5) is 10.2. The number of hydrogen-bond donors (Lipinski definition) is 3. The zero-order valence-corrected chi connectivity index (χ0v) is 9.98. The highest BCUT2D eigenvalue weighted by atomic mass is 16.5. The fourth-order valence-electron chi connectivity index (χ4n) is 0.795. The van der Waals surface area contributed by atoms with Crippen molar-refractivity contribution in [3.63, 3.8) is 0 Å². The molecular formula is C11H22O5. The Balaban J connectivity index is 0. The van der Waals surface area contributed by atoms with Crippen LogP contribution in [0.3, 0.4) is 0 Å². The van der Waals surface area contributed by atoms with Crippen LogP contribution in [-0.4, -0.2) is 48.2 Å². The number of aliphatic hydroxyl groups excluding tert-OH is 3. The summed E-state index contributed by atoms with van der Waals surface area (Å²) in [5, 5.41) is 25.4. The van der Waals surface area contributed by atoms with E-state index in [1.807, 2.05) is 0 Å². The van der Waals surface area contributed by atoms with Gasteiger partial charge in [0.2, 0.25) is 0 Å². The molecule has 0 atom stereocenters. The van der Waals surface area contributed by atoms with E-state index >= 15 is 0 Å². The standard InChI is InChI=1S/C6H14O3.C5H8O2/c7-3-1-2-6(4-8)5-9;1-4(2)5(6)7-3/h6-9H,1-5H2;1H2,2-3H3. The molecule has 0 rings (SSSR count). The molecule has 0 saturated carbocycles. The minimum atomic E-state index is -0.347. The molecule has 0 aromatic heterocycles. The van der Waals surface area contributed by atoms with Crippen LogP contribution in [0.4, 0.5) is 0 Å². The zero-order chi connectivity index (χ0) is 13.0. The molecule has 0 radical (unpaired) electrons. The molecule has 0 heterocycles. The van der Waals surface area contributed by atoms with Crippen molar-refractivity contribution in [1.29, 1.82) is 0 Å². The SMILES string of the molecule is C=C(C)C(=O)OC.OCCCC(CO)CO. The quantitative estimate of drug-likeness (QED) is 0.448. The molecule has 0 unspecified atom stereocenters. The minimum absolute atomic E-state index is 0.0104. The van der Waals surface area contributed by atoms with Crippen LogP contribution >= 0.6 is 0 Å². The summed E-state index contributed by atoms with van der Waals surface area (Å²) < 4.78 is 4.27. The molecule has 96 valence electrons. The molecule has 0 aromatic rings. The van der Waals surface area contributed by atoms with Crippen LogP contribution in [0.5, 0.6) is 0 Å². The van der Waals surface area contributed by atoms with Crippen LogP contribution in [0.1, 0.15) is 19.8 Å². The number of methoxy groups -OCH3 is 1. The van der Waals surface area contributed by atoms with Gasteiger partial charge >= 0.3 is 5.97 Å². The van der Waals surface area contributed by atoms with Gasteiger partial charge in [0.1, 0.15) is 0 Å². The molecule has 0 spiro atoms. The fraction of sp³-hybridized carbons (Fsp3) is 0.727. The van der Waals surface area contributed by atoms with Crippen molar-refractivity contribution < 1.29 is 24.9 Å². The van der Waals surface area contributed by atoms with Crippen LogP contribution in [0.15, 0.2) is 12.2 Å². The topological polar surface area (TPSA) is 87.0 Å². The van der Waals surface area contributed by atoms with Crippen molar-refractivity contribution in [1.82, 2.24) is 0 Å². The number of carbonyl (C=O) groups is 1. The first-order valence-electron chi connectivity index (χ1n) is 5.09. The Morgan fingerprint density at radius 1 is 1.31 bits per heavy atom. The lowest BCUT2D eigenvalue weighted by atomic mass is 10.1. The van der Waals surface area contributed by atoms with Gasteiger partial charge in [-0.25, -0.2) is 4.79 Å². The second-order valence-corrected chi connectivity index (χ2v) is 3.37. The monoisotopic (exact) mass is 234 g/mol. The average molecular weight is 234 g/mol. The average Bonchev–Trinajstić information content (AvgIpc) is 2.30. The predicted octanol–water partition coefficient (Wildman–Crippen LogP) is 0.0952. The molecule has 16 heavy (non-hydrogen) atoms. The van der Waals surface area contributed by atoms with E-state index in [1.54, 1.807) is 6.92 Å². The smallest absolute Gasteiger partial charge is 0.332 e. The normalized spacial score (nSPS) is 9.38. The highest BCUT2D eigenvalue weighted by molar-refractivity contribution is 5.86. The Bertz CT molecular complexity index is 187. The first-order valence-corrected chi connectivity index (χ1v) is 5.09. The summed E-state index contributed by atoms with van der Waals surface area (Å²) in [7, 11) is 1.33. The third-order valence-electron chi connectivity index (χ3n) is 1.82. The summed E-state index contributed by atoms with van der Waals surface area (Å²) in [5.74, 6) is -0.392. The molecule has 0 bridgehead atoms. The van der Waals surface area contributed by atoms with Crippen LogP contribution in [0.2, 0.25) is 0 Å². The summed E-state index contributed by atoms with van der Waals surface area (Å²) in [5.41, 5.74) is 0.433. The van der Waals surface area contributed by atoms with Gasteiger partial charge in [0, 0.05) is 31.3 Å². The maximum absolute atomic E-state index is 10.2. The van der Waals surface area contributed by atoms with Gasteiger partial charge in [-0.2, -0.15) is 0 Å². The van der Waals surface area contributed by atoms with E-state index in [9.17, 15) is 4.79 Å². The highest BCUT2D eigenvalue weighted by Crippen LogP contribution is 2.02. The Morgan fingerprint density at radius 2 is 1.81 bits per heavy atom. The third kappa shape index (κ3) is 11.2. The van der Waals surface area contributed by atoms with E-state index in [4.69, 9.17) is 15.3 Å². The van der Waals surface area contributed by atoms with Gasteiger partial charge in [-0.1, -0.05) is 6.58 Å². The Labute approximate surface area is 96.4 Å². The van der Waals surface area contributed by atoms with Gasteiger partial charge in [-0.3, -0.25) is 0 Å². The molecule has 0 aliphatic heterocycles. The summed E-state index contributed by atoms with van der Waals surface area (Å²) >= 11 is 0. The van der Waals surface area contributed by atoms with Crippen molar-refractivity contribution in [2.45, 2.75) is 19.8 Å². The van der Waals surface area contributed by atoms with E-state index in [0.717, 1.165) is 0 Å². The van der Waals surface area contributed by atoms with Gasteiger partial charge < -0.3 is 20.1 Å². The Morgan fingerprint density at radius 3 is 2.00 bits per heavy atom. The van der Waals surface area contributed by atoms with E-state index in [-0.39, 0.29) is 31.7 Å². The number of ether oxygens (including phenoxy) is 1. The molecule has 5 heteroatoms. The third-order valence-corrected chi connectivity index (χ3v) is 1.82. The van der Waals surface area contributed by atoms with E-state index in [1.165, 1.54) is 7.11 Å². The fourth-order valence-corrected chi connectivity index (χ4v) is 0.795. The number of esters is 1. The first-order chi connectivity index (χ1) is 7.53. The van der Waals surface area contributed by atoms with Gasteiger partial charge in [0.25, 0.3) is 0 Å². The van der Waals surface area contributed by atoms with Crippen LogP contribution in [0.25, 0.3) is 0 Å². The maximum Gasteiger partial charge on any atom is 0.332 e. The molecule has 0 fully saturated rings. The molecule has 0 aromatic carbocycles. The van der Waals surface area contributed by atoms with E-state index < -0.39 is 0 Å². The van der Waals surface area contributed by atoms with Crippen LogP contribution in [-0.2, 0) is 9.53 Å². The molecular weight excluding hydrogens is 212 g/mol. The van der Waals surface area contributed by atoms with Gasteiger partial charge in [0.15, 0.2) is 0 Å². The van der Waals surface area contributed by atoms with E-state index in [2.05, 4.69) is 11.3 Å². The second-order valence-electron chi connectivity index (χ2n) is 3.37. The number of hydrogen-bond acceptors (Lipinski definition) is 5. The summed E-state index contributed by atoms with van der Waals surface area (Å²) in [6.07, 6.45) is 1.36. The van der Waals surface area contributed by atoms with Crippen molar-refractivity contribution >= 4 is 5.97 Å². The summed E-state index contributed by atoms with van der Waals surface area (Å²) in [6.45, 7) is 5.11. The largest absolute Gasteiger partial charge is 0.466 e. The first kappa shape index (κ1) is 17.5. The van der Waals surface area contributed by atoms with Gasteiger partial charge in [-0.05, 0) is 19.8 Å². The maximum atomic E-state index is 10.2. The highest BCUT2D eigenvalue weighted by Gasteiger charge is 2.03. The van der Waals surface area contributed by atoms with Crippen molar-refractivity contribution in [2.75, 3.05) is 26.9 Å². The molecule has 0 aliphatic rings. The van der Waals surface area contributed by atoms with Crippen LogP contribution in [0, 0.1) is 5.92 Å². The van der Waals surface area contributed by atoms with Gasteiger partial charge in [-0.15, -0.1) is 0 Å². The molecule has 5 nitrogen and oxygen atoms in total. The molecule has 0 aliphatic carbocycles. The zero-order valence-electron chi connectivity index (χ0n) is 9.98. The van der Waals surface area contributed by atoms with Crippen molar-refractivity contribution in [2.24, 2.45) is 5.92 Å². The minimum Gasteiger partial charge on any atom is -0.466 e. The van der Waals surface area contributed by atoms with E-state index in [0.29, 0.717) is 18.4 Å². The van der Waals surface area contributed by atoms with Crippen molar-refractivity contribution in [3.05, 3.63) is 12.2 Å². The summed E-state index contributed by atoms with van der Waals surface area (Å²) in [6, 6.07) is 0. The van der Waals surface area contributed by atoms with Crippen LogP contribution < -0.4 is 0 Å².